The first kappa shape index (κ1) is 73.5. The van der Waals surface area contributed by atoms with Crippen molar-refractivity contribution in [3.8, 4) is 0 Å². The molecule has 2 aliphatic heterocycles. The second-order valence-electron chi connectivity index (χ2n) is 21.5. The van der Waals surface area contributed by atoms with Gasteiger partial charge in [-0.25, -0.2) is 0 Å². The van der Waals surface area contributed by atoms with Gasteiger partial charge in [-0.2, -0.15) is 0 Å². The second kappa shape index (κ2) is 50.9. The molecular formula is C67H111NO13. The van der Waals surface area contributed by atoms with Crippen molar-refractivity contribution in [2.75, 3.05) is 19.8 Å². The summed E-state index contributed by atoms with van der Waals surface area (Å²) < 4.78 is 22.8. The molecule has 1 amide bonds. The summed E-state index contributed by atoms with van der Waals surface area (Å²) in [5, 5.41) is 87.2. The molecule has 0 bridgehead atoms. The van der Waals surface area contributed by atoms with Crippen LogP contribution < -0.4 is 5.32 Å². The van der Waals surface area contributed by atoms with Gasteiger partial charge in [0, 0.05) is 6.42 Å². The molecular weight excluding hydrogens is 1030 g/mol. The van der Waals surface area contributed by atoms with Crippen LogP contribution in [0.15, 0.2) is 122 Å². The Balaban J connectivity index is 1.68. The number of nitrogens with one attached hydrogen (secondary N) is 1. The molecule has 0 aliphatic carbocycles. The van der Waals surface area contributed by atoms with Gasteiger partial charge in [0.1, 0.15) is 48.8 Å². The molecule has 462 valence electrons. The number of rotatable bonds is 48. The standard InChI is InChI=1S/C67H111NO13/c1-3-5-7-9-11-13-15-17-18-19-20-21-22-23-24-25-26-27-28-29-30-31-32-33-34-35-36-37-38-39-41-43-45-47-49-51-59(72)68-55(56(71)50-48-46-44-42-40-16-14-12-10-8-6-4-2)54-78-66-64(77)62(75)65(58(53-70)80-66)81-67-63(76)61(74)60(73)57(52-69)79-67/h5,7,11,13,17-18,20-21,23-24,26-27,29-30,32-33,35-36,38-39,55-58,60-67,69-71,73-77H,3-4,6,8-10,12,14-16,19,22,25,28,31,34,37,40-54H2,1-2H3,(H,68,72)/b7-5-,13-11-,18-17-,21-20-,24-23-,27-26-,30-29-,33-32-,36-35-,39-38-. The molecule has 9 N–H and O–H groups in total. The fraction of sp³-hybridized carbons (Fsp3) is 0.687. The molecule has 2 heterocycles. The molecule has 0 saturated carbocycles. The Hall–Kier alpha value is -3.61. The molecule has 2 rings (SSSR count). The highest BCUT2D eigenvalue weighted by atomic mass is 16.7. The Bertz CT molecular complexity index is 1820. The molecule has 0 aromatic carbocycles. The van der Waals surface area contributed by atoms with E-state index in [4.69, 9.17) is 18.9 Å². The van der Waals surface area contributed by atoms with Crippen LogP contribution in [0, 0.1) is 0 Å². The maximum absolute atomic E-state index is 13.3. The molecule has 12 atom stereocenters. The van der Waals surface area contributed by atoms with Crippen LogP contribution in [0.2, 0.25) is 0 Å². The van der Waals surface area contributed by atoms with E-state index in [1.807, 2.05) is 0 Å². The normalized spacial score (nSPS) is 25.0. The van der Waals surface area contributed by atoms with Gasteiger partial charge in [0.25, 0.3) is 0 Å². The maximum atomic E-state index is 13.3. The van der Waals surface area contributed by atoms with E-state index in [1.54, 1.807) is 0 Å². The molecule has 0 radical (unpaired) electrons. The lowest BCUT2D eigenvalue weighted by atomic mass is 9.97. The number of carbonyl (C=O) groups is 1. The highest BCUT2D eigenvalue weighted by Gasteiger charge is 2.51. The van der Waals surface area contributed by atoms with E-state index in [-0.39, 0.29) is 18.9 Å². The van der Waals surface area contributed by atoms with Crippen molar-refractivity contribution in [1.82, 2.24) is 5.32 Å². The number of hydrogen-bond donors (Lipinski definition) is 9. The molecule has 14 heteroatoms. The molecule has 2 fully saturated rings. The Morgan fingerprint density at radius 1 is 0.457 bits per heavy atom. The predicted octanol–water partition coefficient (Wildman–Crippen LogP) is 11.4. The summed E-state index contributed by atoms with van der Waals surface area (Å²) in [6, 6.07) is -0.851. The largest absolute Gasteiger partial charge is 0.394 e. The summed E-state index contributed by atoms with van der Waals surface area (Å²) in [5.74, 6) is -0.237. The highest BCUT2D eigenvalue weighted by Crippen LogP contribution is 2.30. The minimum atomic E-state index is -1.79. The lowest BCUT2D eigenvalue weighted by molar-refractivity contribution is -0.359. The Morgan fingerprint density at radius 3 is 1.31 bits per heavy atom. The molecule has 0 aromatic rings. The van der Waals surface area contributed by atoms with E-state index < -0.39 is 86.8 Å². The summed E-state index contributed by atoms with van der Waals surface area (Å²) in [4.78, 5) is 13.3. The van der Waals surface area contributed by atoms with Crippen molar-refractivity contribution in [3.05, 3.63) is 122 Å². The van der Waals surface area contributed by atoms with Gasteiger partial charge in [0.05, 0.1) is 32.0 Å². The molecule has 2 aliphatic rings. The van der Waals surface area contributed by atoms with Gasteiger partial charge in [-0.15, -0.1) is 0 Å². The number of amides is 1. The first-order chi connectivity index (χ1) is 39.6. The zero-order chi connectivity index (χ0) is 58.8. The van der Waals surface area contributed by atoms with Crippen molar-refractivity contribution in [1.29, 1.82) is 0 Å². The number of carbonyl (C=O) groups excluding carboxylic acids is 1. The summed E-state index contributed by atoms with van der Waals surface area (Å²) in [6.45, 7) is 2.70. The van der Waals surface area contributed by atoms with Gasteiger partial charge < -0.3 is 65.1 Å². The topological polar surface area (TPSA) is 228 Å². The molecule has 2 saturated heterocycles. The lowest BCUT2D eigenvalue weighted by Crippen LogP contribution is -2.65. The summed E-state index contributed by atoms with van der Waals surface area (Å²) in [7, 11) is 0. The van der Waals surface area contributed by atoms with Crippen molar-refractivity contribution < 1.29 is 64.6 Å². The fourth-order valence-electron chi connectivity index (χ4n) is 9.44. The van der Waals surface area contributed by atoms with E-state index in [0.717, 1.165) is 116 Å². The minimum Gasteiger partial charge on any atom is -0.394 e. The number of unbranched alkanes of at least 4 members (excludes halogenated alkanes) is 15. The molecule has 0 spiro atoms. The monoisotopic (exact) mass is 1140 g/mol. The van der Waals surface area contributed by atoms with Crippen LogP contribution in [0.5, 0.6) is 0 Å². The quantitative estimate of drug-likeness (QED) is 0.0204. The van der Waals surface area contributed by atoms with Crippen molar-refractivity contribution in [2.24, 2.45) is 0 Å². The predicted molar refractivity (Wildman–Crippen MR) is 327 cm³/mol. The van der Waals surface area contributed by atoms with Gasteiger partial charge in [-0.3, -0.25) is 4.79 Å². The first-order valence-electron chi connectivity index (χ1n) is 31.3. The van der Waals surface area contributed by atoms with Gasteiger partial charge >= 0.3 is 0 Å². The van der Waals surface area contributed by atoms with Crippen molar-refractivity contribution in [2.45, 2.75) is 274 Å². The van der Waals surface area contributed by atoms with E-state index in [1.165, 1.54) is 51.4 Å². The van der Waals surface area contributed by atoms with E-state index in [2.05, 4.69) is 141 Å². The number of hydrogen-bond acceptors (Lipinski definition) is 13. The summed E-state index contributed by atoms with van der Waals surface area (Å²) >= 11 is 0. The van der Waals surface area contributed by atoms with Gasteiger partial charge in [0.15, 0.2) is 12.6 Å². The maximum Gasteiger partial charge on any atom is 0.220 e. The number of aliphatic hydroxyl groups is 8. The van der Waals surface area contributed by atoms with Crippen LogP contribution in [0.1, 0.15) is 200 Å². The SMILES string of the molecule is CC/C=C\C/C=C\C/C=C\C/C=C\C/C=C\C/C=C\C/C=C\C/C=C\C/C=C\C/C=C\CCCCCCC(=O)NC(COC1OC(CO)C(OC2OC(CO)C(O)C(O)C2O)C(O)C1O)C(O)CCCCCCCCCCCCCC. The number of allylic oxidation sites excluding steroid dienone is 20. The summed E-state index contributed by atoms with van der Waals surface area (Å²) in [6.07, 6.45) is 56.3. The van der Waals surface area contributed by atoms with Crippen LogP contribution in [-0.2, 0) is 23.7 Å². The Labute approximate surface area is 488 Å². The van der Waals surface area contributed by atoms with Crippen LogP contribution in [-0.4, -0.2) is 140 Å². The smallest absolute Gasteiger partial charge is 0.220 e. The average molecular weight is 1140 g/mol. The Kier molecular flexibility index (Phi) is 46.1. The summed E-state index contributed by atoms with van der Waals surface area (Å²) in [5.41, 5.74) is 0. The zero-order valence-electron chi connectivity index (χ0n) is 49.7. The average Bonchev–Trinajstić information content (AvgIpc) is 3.46. The van der Waals surface area contributed by atoms with E-state index >= 15 is 0 Å². The fourth-order valence-corrected chi connectivity index (χ4v) is 9.44. The third kappa shape index (κ3) is 36.0. The number of ether oxygens (including phenoxy) is 4. The molecule has 0 aromatic heterocycles. The van der Waals surface area contributed by atoms with Crippen LogP contribution >= 0.6 is 0 Å². The first-order valence-corrected chi connectivity index (χ1v) is 31.3. The van der Waals surface area contributed by atoms with Crippen molar-refractivity contribution >= 4 is 5.91 Å². The molecule has 12 unspecified atom stereocenters. The lowest BCUT2D eigenvalue weighted by Gasteiger charge is -2.46. The highest BCUT2D eigenvalue weighted by molar-refractivity contribution is 5.76. The number of aliphatic hydroxyl groups excluding tert-OH is 8. The second-order valence-corrected chi connectivity index (χ2v) is 21.5. The Morgan fingerprint density at radius 2 is 0.852 bits per heavy atom. The van der Waals surface area contributed by atoms with Crippen LogP contribution in [0.4, 0.5) is 0 Å². The van der Waals surface area contributed by atoms with Crippen molar-refractivity contribution in [3.63, 3.8) is 0 Å². The van der Waals surface area contributed by atoms with Gasteiger partial charge in [-0.1, -0.05) is 225 Å². The van der Waals surface area contributed by atoms with Crippen LogP contribution in [0.25, 0.3) is 0 Å². The molecule has 14 nitrogen and oxygen atoms in total. The minimum absolute atomic E-state index is 0.237. The van der Waals surface area contributed by atoms with E-state index in [9.17, 15) is 45.6 Å². The van der Waals surface area contributed by atoms with Gasteiger partial charge in [-0.05, 0) is 89.9 Å². The molecule has 81 heavy (non-hydrogen) atoms. The van der Waals surface area contributed by atoms with Crippen LogP contribution in [0.3, 0.4) is 0 Å². The van der Waals surface area contributed by atoms with Gasteiger partial charge in [0.2, 0.25) is 5.91 Å². The third-order valence-electron chi connectivity index (χ3n) is 14.4. The third-order valence-corrected chi connectivity index (χ3v) is 14.4. The van der Waals surface area contributed by atoms with E-state index in [0.29, 0.717) is 12.8 Å². The zero-order valence-corrected chi connectivity index (χ0v) is 49.7.